The number of thioether (sulfide) groups is 1. The zero-order chi connectivity index (χ0) is 18.5. The lowest BCUT2D eigenvalue weighted by Gasteiger charge is -2.12. The number of hydrogen-bond acceptors (Lipinski definition) is 4. The zero-order valence-electron chi connectivity index (χ0n) is 15.2. The molecule has 0 bridgehead atoms. The standard InChI is InChI=1S/C21H22N2O2S/c1-4-23-20(24)19(14-16-8-12-18(13-9-16)25-5-2)26-21(23)22-17-10-6-15(3)7-11-17/h6-14H,4-5H2,1-3H3/b19-14+,22-21?. The number of benzene rings is 2. The van der Waals surface area contributed by atoms with Crippen molar-refractivity contribution < 1.29 is 9.53 Å². The Balaban J connectivity index is 1.85. The molecule has 0 radical (unpaired) electrons. The second-order valence-electron chi connectivity index (χ2n) is 5.89. The fraction of sp³-hybridized carbons (Fsp3) is 0.238. The van der Waals surface area contributed by atoms with E-state index in [4.69, 9.17) is 4.74 Å². The molecule has 1 heterocycles. The molecule has 134 valence electrons. The van der Waals surface area contributed by atoms with Crippen LogP contribution in [0.3, 0.4) is 0 Å². The lowest BCUT2D eigenvalue weighted by molar-refractivity contribution is -0.122. The molecule has 2 aromatic carbocycles. The number of likely N-dealkylation sites (N-methyl/N-ethyl adjacent to an activating group) is 1. The van der Waals surface area contributed by atoms with E-state index in [0.717, 1.165) is 22.2 Å². The van der Waals surface area contributed by atoms with Crippen LogP contribution >= 0.6 is 11.8 Å². The third-order valence-electron chi connectivity index (χ3n) is 3.95. The van der Waals surface area contributed by atoms with Crippen molar-refractivity contribution in [1.29, 1.82) is 0 Å². The van der Waals surface area contributed by atoms with Crippen LogP contribution in [0.2, 0.25) is 0 Å². The van der Waals surface area contributed by atoms with E-state index in [1.807, 2.05) is 75.4 Å². The molecule has 0 atom stereocenters. The second-order valence-corrected chi connectivity index (χ2v) is 6.90. The lowest BCUT2D eigenvalue weighted by atomic mass is 10.2. The average molecular weight is 366 g/mol. The number of carbonyl (C=O) groups is 1. The van der Waals surface area contributed by atoms with Gasteiger partial charge in [-0.15, -0.1) is 0 Å². The number of rotatable bonds is 5. The molecule has 0 aromatic heterocycles. The number of ether oxygens (including phenoxy) is 1. The number of aliphatic imine (C=N–C) groups is 1. The third kappa shape index (κ3) is 4.17. The molecule has 1 aliphatic heterocycles. The fourth-order valence-electron chi connectivity index (χ4n) is 2.58. The zero-order valence-corrected chi connectivity index (χ0v) is 16.0. The minimum atomic E-state index is -0.00255. The molecule has 3 rings (SSSR count). The molecule has 5 heteroatoms. The highest BCUT2D eigenvalue weighted by Gasteiger charge is 2.32. The Labute approximate surface area is 158 Å². The summed E-state index contributed by atoms with van der Waals surface area (Å²) in [5, 5.41) is 0.721. The molecule has 1 amide bonds. The minimum Gasteiger partial charge on any atom is -0.494 e. The van der Waals surface area contributed by atoms with Gasteiger partial charge in [-0.1, -0.05) is 29.8 Å². The highest BCUT2D eigenvalue weighted by Crippen LogP contribution is 2.34. The number of nitrogens with zero attached hydrogens (tertiary/aromatic N) is 2. The molecule has 1 saturated heterocycles. The van der Waals surface area contributed by atoms with E-state index in [1.54, 1.807) is 4.90 Å². The Morgan fingerprint density at radius 3 is 2.38 bits per heavy atom. The van der Waals surface area contributed by atoms with Gasteiger partial charge in [0.1, 0.15) is 5.75 Å². The summed E-state index contributed by atoms with van der Waals surface area (Å²) in [7, 11) is 0. The normalized spacial score (nSPS) is 17.3. The van der Waals surface area contributed by atoms with Crippen LogP contribution in [0.25, 0.3) is 6.08 Å². The summed E-state index contributed by atoms with van der Waals surface area (Å²) in [4.78, 5) is 19.7. The van der Waals surface area contributed by atoms with Gasteiger partial charge in [-0.25, -0.2) is 4.99 Å². The van der Waals surface area contributed by atoms with Gasteiger partial charge in [0.15, 0.2) is 5.17 Å². The van der Waals surface area contributed by atoms with Crippen LogP contribution in [0.5, 0.6) is 5.75 Å². The van der Waals surface area contributed by atoms with Gasteiger partial charge >= 0.3 is 0 Å². The van der Waals surface area contributed by atoms with Crippen molar-refractivity contribution in [3.8, 4) is 5.75 Å². The molecule has 0 N–H and O–H groups in total. The molecule has 0 unspecified atom stereocenters. The first kappa shape index (κ1) is 18.3. The predicted octanol–water partition coefficient (Wildman–Crippen LogP) is 5.02. The van der Waals surface area contributed by atoms with Crippen molar-refractivity contribution in [3.63, 3.8) is 0 Å². The third-order valence-corrected chi connectivity index (χ3v) is 4.96. The number of amides is 1. The lowest BCUT2D eigenvalue weighted by Crippen LogP contribution is -2.28. The average Bonchev–Trinajstić information content (AvgIpc) is 2.93. The van der Waals surface area contributed by atoms with Crippen LogP contribution < -0.4 is 4.74 Å². The molecular weight excluding hydrogens is 344 g/mol. The summed E-state index contributed by atoms with van der Waals surface area (Å²) in [5.41, 5.74) is 3.01. The van der Waals surface area contributed by atoms with Crippen LogP contribution in [0.4, 0.5) is 5.69 Å². The highest BCUT2D eigenvalue weighted by molar-refractivity contribution is 8.18. The van der Waals surface area contributed by atoms with Crippen LogP contribution in [-0.2, 0) is 4.79 Å². The van der Waals surface area contributed by atoms with E-state index in [1.165, 1.54) is 17.3 Å². The molecule has 1 fully saturated rings. The Morgan fingerprint density at radius 2 is 1.77 bits per heavy atom. The van der Waals surface area contributed by atoms with E-state index >= 15 is 0 Å². The number of hydrogen-bond donors (Lipinski definition) is 0. The molecule has 0 aliphatic carbocycles. The summed E-state index contributed by atoms with van der Waals surface area (Å²) >= 11 is 1.42. The minimum absolute atomic E-state index is 0.00255. The molecule has 1 aliphatic rings. The van der Waals surface area contributed by atoms with E-state index < -0.39 is 0 Å². The van der Waals surface area contributed by atoms with Crippen molar-refractivity contribution in [1.82, 2.24) is 4.90 Å². The first-order valence-corrected chi connectivity index (χ1v) is 9.52. The molecule has 26 heavy (non-hydrogen) atoms. The SMILES string of the molecule is CCOc1ccc(/C=C2/SC(=Nc3ccc(C)cc3)N(CC)C2=O)cc1. The molecule has 2 aromatic rings. The summed E-state index contributed by atoms with van der Waals surface area (Å²) in [6.45, 7) is 7.19. The second kappa shape index (κ2) is 8.23. The van der Waals surface area contributed by atoms with Gasteiger partial charge in [0, 0.05) is 6.54 Å². The van der Waals surface area contributed by atoms with Crippen LogP contribution in [0, 0.1) is 6.92 Å². The van der Waals surface area contributed by atoms with Crippen molar-refractivity contribution in [2.45, 2.75) is 20.8 Å². The van der Waals surface area contributed by atoms with E-state index in [2.05, 4.69) is 4.99 Å². The largest absolute Gasteiger partial charge is 0.494 e. The summed E-state index contributed by atoms with van der Waals surface area (Å²) in [6, 6.07) is 15.7. The first-order chi connectivity index (χ1) is 12.6. The Bertz CT molecular complexity index is 839. The van der Waals surface area contributed by atoms with Crippen LogP contribution in [0.1, 0.15) is 25.0 Å². The van der Waals surface area contributed by atoms with Gasteiger partial charge in [-0.05, 0) is 68.4 Å². The van der Waals surface area contributed by atoms with E-state index in [0.29, 0.717) is 18.1 Å². The van der Waals surface area contributed by atoms with Gasteiger partial charge in [0.25, 0.3) is 5.91 Å². The maximum atomic E-state index is 12.7. The molecular formula is C21H22N2O2S. The van der Waals surface area contributed by atoms with Gasteiger partial charge in [-0.2, -0.15) is 0 Å². The Morgan fingerprint density at radius 1 is 1.08 bits per heavy atom. The van der Waals surface area contributed by atoms with Gasteiger partial charge in [0.2, 0.25) is 0 Å². The molecule has 4 nitrogen and oxygen atoms in total. The maximum absolute atomic E-state index is 12.7. The molecule has 0 spiro atoms. The van der Waals surface area contributed by atoms with Crippen molar-refractivity contribution in [2.75, 3.05) is 13.2 Å². The van der Waals surface area contributed by atoms with E-state index in [9.17, 15) is 4.79 Å². The quantitative estimate of drug-likeness (QED) is 0.698. The van der Waals surface area contributed by atoms with Crippen LogP contribution in [0.15, 0.2) is 58.4 Å². The van der Waals surface area contributed by atoms with Crippen molar-refractivity contribution >= 4 is 34.6 Å². The van der Waals surface area contributed by atoms with Crippen LogP contribution in [-0.4, -0.2) is 29.1 Å². The van der Waals surface area contributed by atoms with Gasteiger partial charge in [-0.3, -0.25) is 9.69 Å². The maximum Gasteiger partial charge on any atom is 0.266 e. The van der Waals surface area contributed by atoms with Crippen molar-refractivity contribution in [3.05, 3.63) is 64.6 Å². The van der Waals surface area contributed by atoms with Gasteiger partial charge in [0.05, 0.1) is 17.2 Å². The van der Waals surface area contributed by atoms with Gasteiger partial charge < -0.3 is 4.74 Å². The fourth-order valence-corrected chi connectivity index (χ4v) is 3.64. The van der Waals surface area contributed by atoms with Crippen molar-refractivity contribution in [2.24, 2.45) is 4.99 Å². The number of carbonyl (C=O) groups excluding carboxylic acids is 1. The smallest absolute Gasteiger partial charge is 0.266 e. The summed E-state index contributed by atoms with van der Waals surface area (Å²) < 4.78 is 5.46. The Kier molecular flexibility index (Phi) is 5.78. The first-order valence-electron chi connectivity index (χ1n) is 8.70. The monoisotopic (exact) mass is 366 g/mol. The number of amidine groups is 1. The highest BCUT2D eigenvalue weighted by atomic mass is 32.2. The summed E-state index contributed by atoms with van der Waals surface area (Å²) in [5.74, 6) is 0.828. The Hall–Kier alpha value is -2.53. The number of aryl methyl sites for hydroxylation is 1. The summed E-state index contributed by atoms with van der Waals surface area (Å²) in [6.07, 6.45) is 1.91. The molecule has 0 saturated carbocycles. The van der Waals surface area contributed by atoms with E-state index in [-0.39, 0.29) is 5.91 Å². The topological polar surface area (TPSA) is 41.9 Å². The predicted molar refractivity (Wildman–Crippen MR) is 109 cm³/mol.